The molecule has 0 amide bonds. The Morgan fingerprint density at radius 2 is 2.06 bits per heavy atom. The first kappa shape index (κ1) is 11.5. The van der Waals surface area contributed by atoms with Gasteiger partial charge in [-0.2, -0.15) is 0 Å². The Morgan fingerprint density at radius 3 is 2.69 bits per heavy atom. The maximum atomic E-state index is 11.0. The molecule has 1 unspecified atom stereocenters. The lowest BCUT2D eigenvalue weighted by atomic mass is 9.98. The molecular weight excluding hydrogens is 270 g/mol. The monoisotopic (exact) mass is 283 g/mol. The van der Waals surface area contributed by atoms with Gasteiger partial charge >= 0.3 is 5.97 Å². The van der Waals surface area contributed by atoms with Crippen LogP contribution in [0.4, 0.5) is 5.69 Å². The molecule has 0 bridgehead atoms. The van der Waals surface area contributed by atoms with Crippen molar-refractivity contribution in [3.05, 3.63) is 28.7 Å². The second kappa shape index (κ2) is 4.87. The number of aliphatic carboxylic acids is 1. The Hall–Kier alpha value is -1.03. The van der Waals surface area contributed by atoms with E-state index in [-0.39, 0.29) is 5.92 Å². The lowest BCUT2D eigenvalue weighted by molar-refractivity contribution is -0.141. The van der Waals surface area contributed by atoms with Crippen LogP contribution in [-0.4, -0.2) is 24.2 Å². The van der Waals surface area contributed by atoms with Crippen LogP contribution < -0.4 is 4.90 Å². The van der Waals surface area contributed by atoms with Crippen molar-refractivity contribution in [1.29, 1.82) is 0 Å². The van der Waals surface area contributed by atoms with Crippen molar-refractivity contribution in [2.45, 2.75) is 12.8 Å². The maximum Gasteiger partial charge on any atom is 0.308 e. The van der Waals surface area contributed by atoms with E-state index in [0.717, 1.165) is 29.5 Å². The van der Waals surface area contributed by atoms with E-state index in [4.69, 9.17) is 5.11 Å². The van der Waals surface area contributed by atoms with E-state index in [9.17, 15) is 4.79 Å². The highest BCUT2D eigenvalue weighted by atomic mass is 79.9. The summed E-state index contributed by atoms with van der Waals surface area (Å²) in [7, 11) is 0. The predicted molar refractivity (Wildman–Crippen MR) is 66.7 cm³/mol. The Kier molecular flexibility index (Phi) is 3.49. The van der Waals surface area contributed by atoms with Crippen molar-refractivity contribution in [1.82, 2.24) is 0 Å². The molecule has 0 spiro atoms. The summed E-state index contributed by atoms with van der Waals surface area (Å²) in [5.41, 5.74) is 1.11. The molecule has 0 radical (unpaired) electrons. The molecule has 1 N–H and O–H groups in total. The van der Waals surface area contributed by atoms with Crippen LogP contribution in [0.3, 0.4) is 0 Å². The molecule has 1 heterocycles. The Labute approximate surface area is 103 Å². The van der Waals surface area contributed by atoms with Crippen LogP contribution in [0.1, 0.15) is 12.8 Å². The lowest BCUT2D eigenvalue weighted by Crippen LogP contribution is -2.38. The van der Waals surface area contributed by atoms with Crippen LogP contribution in [0.25, 0.3) is 0 Å². The van der Waals surface area contributed by atoms with Gasteiger partial charge in [-0.15, -0.1) is 0 Å². The first-order chi connectivity index (χ1) is 7.66. The molecule has 1 aliphatic rings. The number of benzene rings is 1. The van der Waals surface area contributed by atoms with Gasteiger partial charge in [0.1, 0.15) is 0 Å². The number of hydrogen-bond donors (Lipinski definition) is 1. The molecule has 1 fully saturated rings. The van der Waals surface area contributed by atoms with Crippen molar-refractivity contribution >= 4 is 27.6 Å². The smallest absolute Gasteiger partial charge is 0.308 e. The van der Waals surface area contributed by atoms with Crippen LogP contribution in [0.5, 0.6) is 0 Å². The van der Waals surface area contributed by atoms with Crippen LogP contribution in [0, 0.1) is 5.92 Å². The molecule has 1 aromatic rings. The average Bonchev–Trinajstić information content (AvgIpc) is 2.30. The largest absolute Gasteiger partial charge is 0.481 e. The van der Waals surface area contributed by atoms with Crippen LogP contribution >= 0.6 is 15.9 Å². The number of anilines is 1. The van der Waals surface area contributed by atoms with Crippen molar-refractivity contribution in [2.24, 2.45) is 5.92 Å². The standard InChI is InChI=1S/C12H14BrNO2/c13-10-3-5-11(6-4-10)14-7-1-2-9(8-14)12(15)16/h3-6,9H,1-2,7-8H2,(H,15,16). The Balaban J connectivity index is 2.09. The summed E-state index contributed by atoms with van der Waals surface area (Å²) >= 11 is 3.39. The van der Waals surface area contributed by atoms with Gasteiger partial charge in [-0.3, -0.25) is 4.79 Å². The second-order valence-electron chi connectivity index (χ2n) is 4.10. The highest BCUT2D eigenvalue weighted by Crippen LogP contribution is 2.24. The first-order valence-electron chi connectivity index (χ1n) is 5.40. The molecular formula is C12H14BrNO2. The van der Waals surface area contributed by atoms with Crippen LogP contribution in [-0.2, 0) is 4.79 Å². The summed E-state index contributed by atoms with van der Waals surface area (Å²) in [5, 5.41) is 9.01. The van der Waals surface area contributed by atoms with Gasteiger partial charge in [0.2, 0.25) is 0 Å². The molecule has 0 aromatic heterocycles. The van der Waals surface area contributed by atoms with Crippen molar-refractivity contribution in [3.8, 4) is 0 Å². The molecule has 1 atom stereocenters. The molecule has 0 saturated carbocycles. The number of carboxylic acids is 1. The van der Waals surface area contributed by atoms with E-state index in [2.05, 4.69) is 20.8 Å². The fourth-order valence-electron chi connectivity index (χ4n) is 2.07. The van der Waals surface area contributed by atoms with Crippen LogP contribution in [0.15, 0.2) is 28.7 Å². The number of carbonyl (C=O) groups is 1. The molecule has 2 rings (SSSR count). The van der Waals surface area contributed by atoms with Gasteiger partial charge in [-0.1, -0.05) is 15.9 Å². The molecule has 3 nitrogen and oxygen atoms in total. The van der Waals surface area contributed by atoms with Gasteiger partial charge in [0.15, 0.2) is 0 Å². The van der Waals surface area contributed by atoms with Crippen molar-refractivity contribution < 1.29 is 9.90 Å². The summed E-state index contributed by atoms with van der Waals surface area (Å²) in [6, 6.07) is 8.02. The van der Waals surface area contributed by atoms with Crippen LogP contribution in [0.2, 0.25) is 0 Å². The van der Waals surface area contributed by atoms with Gasteiger partial charge in [0, 0.05) is 23.2 Å². The maximum absolute atomic E-state index is 11.0. The minimum Gasteiger partial charge on any atom is -0.481 e. The fraction of sp³-hybridized carbons (Fsp3) is 0.417. The zero-order valence-corrected chi connectivity index (χ0v) is 10.5. The predicted octanol–water partition coefficient (Wildman–Crippen LogP) is 2.75. The minimum atomic E-state index is -0.679. The van der Waals surface area contributed by atoms with Gasteiger partial charge in [0.25, 0.3) is 0 Å². The first-order valence-corrected chi connectivity index (χ1v) is 6.19. The molecule has 1 aliphatic heterocycles. The molecule has 16 heavy (non-hydrogen) atoms. The lowest BCUT2D eigenvalue weighted by Gasteiger charge is -2.32. The summed E-state index contributed by atoms with van der Waals surface area (Å²) in [6.07, 6.45) is 1.75. The molecule has 1 saturated heterocycles. The number of halogens is 1. The normalized spacial score (nSPS) is 20.8. The third-order valence-electron chi connectivity index (χ3n) is 2.96. The van der Waals surface area contributed by atoms with E-state index >= 15 is 0 Å². The van der Waals surface area contributed by atoms with E-state index in [1.807, 2.05) is 24.3 Å². The SMILES string of the molecule is O=C(O)C1CCCN(c2ccc(Br)cc2)C1. The molecule has 86 valence electrons. The van der Waals surface area contributed by atoms with E-state index < -0.39 is 5.97 Å². The third kappa shape index (κ3) is 2.55. The van der Waals surface area contributed by atoms with E-state index in [1.165, 1.54) is 0 Å². The van der Waals surface area contributed by atoms with Gasteiger partial charge in [-0.25, -0.2) is 0 Å². The van der Waals surface area contributed by atoms with Crippen molar-refractivity contribution in [2.75, 3.05) is 18.0 Å². The molecule has 4 heteroatoms. The highest BCUT2D eigenvalue weighted by molar-refractivity contribution is 9.10. The Bertz CT molecular complexity index is 377. The van der Waals surface area contributed by atoms with E-state index in [0.29, 0.717) is 6.54 Å². The minimum absolute atomic E-state index is 0.225. The quantitative estimate of drug-likeness (QED) is 0.907. The topological polar surface area (TPSA) is 40.5 Å². The third-order valence-corrected chi connectivity index (χ3v) is 3.49. The fourth-order valence-corrected chi connectivity index (χ4v) is 2.33. The number of piperidine rings is 1. The highest BCUT2D eigenvalue weighted by Gasteiger charge is 2.25. The summed E-state index contributed by atoms with van der Waals surface area (Å²) in [5.74, 6) is -0.904. The van der Waals surface area contributed by atoms with E-state index in [1.54, 1.807) is 0 Å². The zero-order chi connectivity index (χ0) is 11.5. The van der Waals surface area contributed by atoms with Gasteiger partial charge < -0.3 is 10.0 Å². The Morgan fingerprint density at radius 1 is 1.38 bits per heavy atom. The summed E-state index contributed by atoms with van der Waals surface area (Å²) in [6.45, 7) is 1.57. The number of rotatable bonds is 2. The average molecular weight is 284 g/mol. The molecule has 1 aromatic carbocycles. The zero-order valence-electron chi connectivity index (χ0n) is 8.90. The number of carboxylic acid groups (broad SMARTS) is 1. The van der Waals surface area contributed by atoms with Crippen molar-refractivity contribution in [3.63, 3.8) is 0 Å². The number of hydrogen-bond acceptors (Lipinski definition) is 2. The van der Waals surface area contributed by atoms with Gasteiger partial charge in [0.05, 0.1) is 5.92 Å². The molecule has 0 aliphatic carbocycles. The van der Waals surface area contributed by atoms with Gasteiger partial charge in [-0.05, 0) is 37.1 Å². The summed E-state index contributed by atoms with van der Waals surface area (Å²) in [4.78, 5) is 13.1. The second-order valence-corrected chi connectivity index (χ2v) is 5.02. The number of nitrogens with zero attached hydrogens (tertiary/aromatic N) is 1. The summed E-state index contributed by atoms with van der Waals surface area (Å²) < 4.78 is 1.04.